The number of aliphatic hydroxyl groups is 1. The third-order valence-corrected chi connectivity index (χ3v) is 7.02. The molecule has 2 aromatic rings. The predicted molar refractivity (Wildman–Crippen MR) is 118 cm³/mol. The van der Waals surface area contributed by atoms with Gasteiger partial charge in [-0.2, -0.15) is 0 Å². The summed E-state index contributed by atoms with van der Waals surface area (Å²) in [6.45, 7) is 2.16. The van der Waals surface area contributed by atoms with Gasteiger partial charge in [0.2, 0.25) is 5.54 Å². The summed E-state index contributed by atoms with van der Waals surface area (Å²) in [5, 5.41) is 16.9. The van der Waals surface area contributed by atoms with Crippen LogP contribution in [0.15, 0.2) is 36.4 Å². The largest absolute Gasteiger partial charge is 0.496 e. The van der Waals surface area contributed by atoms with Crippen LogP contribution >= 0.6 is 11.6 Å². The van der Waals surface area contributed by atoms with E-state index in [1.807, 2.05) is 32.2 Å². The molecule has 1 saturated heterocycles. The van der Waals surface area contributed by atoms with Gasteiger partial charge in [0.25, 0.3) is 11.8 Å². The van der Waals surface area contributed by atoms with Crippen LogP contribution in [0.1, 0.15) is 23.1 Å². The van der Waals surface area contributed by atoms with Crippen molar-refractivity contribution in [1.82, 2.24) is 5.32 Å². The van der Waals surface area contributed by atoms with Crippen molar-refractivity contribution in [2.75, 3.05) is 33.1 Å². The highest BCUT2D eigenvalue weighted by Gasteiger charge is 2.68. The smallest absolute Gasteiger partial charge is 0.295 e. The van der Waals surface area contributed by atoms with Crippen LogP contribution in [-0.2, 0) is 15.1 Å². The number of halogens is 1. The number of ether oxygens (including phenoxy) is 1. The number of aryl methyl sites for hydroxylation is 1. The Balaban J connectivity index is 2.13. The Morgan fingerprint density at radius 3 is 2.71 bits per heavy atom. The zero-order valence-corrected chi connectivity index (χ0v) is 18.8. The van der Waals surface area contributed by atoms with Crippen LogP contribution in [0.25, 0.3) is 0 Å². The molecule has 31 heavy (non-hydrogen) atoms. The van der Waals surface area contributed by atoms with E-state index in [2.05, 4.69) is 10.6 Å². The molecule has 164 valence electrons. The number of fused-ring (bicyclic) bond motifs is 1. The number of amides is 2. The molecule has 4 atom stereocenters. The zero-order valence-electron chi connectivity index (χ0n) is 18.0. The first-order valence-corrected chi connectivity index (χ1v) is 10.6. The van der Waals surface area contributed by atoms with E-state index >= 15 is 0 Å². The van der Waals surface area contributed by atoms with Gasteiger partial charge in [-0.05, 0) is 37.3 Å². The quantitative estimate of drug-likeness (QED) is 0.631. The third-order valence-electron chi connectivity index (χ3n) is 6.78. The minimum Gasteiger partial charge on any atom is -0.496 e. The van der Waals surface area contributed by atoms with Crippen LogP contribution in [-0.4, -0.2) is 61.3 Å². The molecule has 1 fully saturated rings. The van der Waals surface area contributed by atoms with Gasteiger partial charge >= 0.3 is 0 Å². The molecule has 2 aliphatic rings. The molecule has 0 radical (unpaired) electrons. The van der Waals surface area contributed by atoms with E-state index < -0.39 is 17.7 Å². The van der Waals surface area contributed by atoms with Gasteiger partial charge in [0.15, 0.2) is 6.04 Å². The molecular formula is C23H27ClN3O4+. The SMILES string of the molecule is CNC(=O)[C@@H]1C[C@@H](O)C[N+]1(C)C1(c2cc(C)ccc2OC)C(=O)Nc2ccc(Cl)cc21. The summed E-state index contributed by atoms with van der Waals surface area (Å²) < 4.78 is 5.66. The van der Waals surface area contributed by atoms with Crippen molar-refractivity contribution >= 4 is 29.1 Å². The van der Waals surface area contributed by atoms with Gasteiger partial charge in [0, 0.05) is 18.5 Å². The first kappa shape index (κ1) is 21.6. The van der Waals surface area contributed by atoms with Crippen LogP contribution in [0.4, 0.5) is 5.69 Å². The Morgan fingerprint density at radius 2 is 2.03 bits per heavy atom. The predicted octanol–water partition coefficient (Wildman–Crippen LogP) is 2.18. The number of hydrogen-bond donors (Lipinski definition) is 3. The maximum absolute atomic E-state index is 14.0. The molecule has 2 aliphatic heterocycles. The number of anilines is 1. The number of aliphatic hydroxyl groups excluding tert-OH is 1. The fourth-order valence-electron chi connectivity index (χ4n) is 5.45. The highest BCUT2D eigenvalue weighted by molar-refractivity contribution is 6.31. The van der Waals surface area contributed by atoms with Crippen molar-refractivity contribution < 1.29 is 23.9 Å². The fourth-order valence-corrected chi connectivity index (χ4v) is 5.62. The van der Waals surface area contributed by atoms with Gasteiger partial charge in [-0.15, -0.1) is 0 Å². The number of methoxy groups -OCH3 is 1. The van der Waals surface area contributed by atoms with Crippen molar-refractivity contribution in [2.24, 2.45) is 0 Å². The van der Waals surface area contributed by atoms with Crippen molar-refractivity contribution in [1.29, 1.82) is 0 Å². The van der Waals surface area contributed by atoms with E-state index in [1.165, 1.54) is 0 Å². The molecule has 0 spiro atoms. The van der Waals surface area contributed by atoms with Gasteiger partial charge in [0.1, 0.15) is 18.4 Å². The lowest BCUT2D eigenvalue weighted by atomic mass is 9.78. The lowest BCUT2D eigenvalue weighted by Crippen LogP contribution is -2.68. The van der Waals surface area contributed by atoms with Gasteiger partial charge in [-0.25, -0.2) is 0 Å². The summed E-state index contributed by atoms with van der Waals surface area (Å²) in [5.41, 5.74) is 1.54. The Bertz CT molecular complexity index is 1070. The van der Waals surface area contributed by atoms with Crippen LogP contribution in [0.3, 0.4) is 0 Å². The number of benzene rings is 2. The normalized spacial score (nSPS) is 29.4. The number of hydrogen-bond acceptors (Lipinski definition) is 4. The number of likely N-dealkylation sites (N-methyl/N-ethyl adjacent to an activating group) is 2. The number of rotatable bonds is 4. The first-order chi connectivity index (χ1) is 14.7. The van der Waals surface area contributed by atoms with Gasteiger partial charge in [-0.3, -0.25) is 14.1 Å². The molecule has 7 nitrogen and oxygen atoms in total. The molecule has 0 aromatic heterocycles. The minimum atomic E-state index is -1.34. The first-order valence-electron chi connectivity index (χ1n) is 10.2. The second-order valence-corrected chi connectivity index (χ2v) is 8.96. The average Bonchev–Trinajstić information content (AvgIpc) is 3.20. The highest BCUT2D eigenvalue weighted by Crippen LogP contribution is 2.55. The Hall–Kier alpha value is -2.61. The van der Waals surface area contributed by atoms with Gasteiger partial charge < -0.3 is 20.5 Å². The van der Waals surface area contributed by atoms with Crippen molar-refractivity contribution in [2.45, 2.75) is 31.0 Å². The van der Waals surface area contributed by atoms with E-state index in [9.17, 15) is 14.7 Å². The monoisotopic (exact) mass is 444 g/mol. The molecule has 3 N–H and O–H groups in total. The van der Waals surface area contributed by atoms with Crippen LogP contribution < -0.4 is 15.4 Å². The Kier molecular flexibility index (Phi) is 5.24. The Labute approximate surface area is 186 Å². The number of quaternary nitrogens is 1. The standard InChI is InChI=1S/C23H26ClN3O4/c1-13-5-8-20(31-4)17(9-13)23(16-10-14(24)6-7-18(16)26-22(23)30)27(3)12-15(28)11-19(27)21(29)25-2/h5-10,15,19,28H,11-12H2,1-4H3,(H-,25,26,29,30)/p+1/t15-,19+,23?,27?/m1/s1. The van der Waals surface area contributed by atoms with E-state index in [1.54, 1.807) is 32.4 Å². The molecule has 2 unspecified atom stereocenters. The lowest BCUT2D eigenvalue weighted by Gasteiger charge is -2.48. The summed E-state index contributed by atoms with van der Waals surface area (Å²) >= 11 is 6.39. The number of carbonyl (C=O) groups excluding carboxylic acids is 2. The van der Waals surface area contributed by atoms with Gasteiger partial charge in [0.05, 0.1) is 31.0 Å². The van der Waals surface area contributed by atoms with E-state index in [-0.39, 0.29) is 29.3 Å². The Morgan fingerprint density at radius 1 is 1.29 bits per heavy atom. The molecule has 0 saturated carbocycles. The molecule has 2 amide bonds. The maximum atomic E-state index is 14.0. The zero-order chi connectivity index (χ0) is 22.6. The van der Waals surface area contributed by atoms with E-state index in [4.69, 9.17) is 16.3 Å². The molecule has 0 aliphatic carbocycles. The maximum Gasteiger partial charge on any atom is 0.295 e. The third kappa shape index (κ3) is 2.95. The number of likely N-dealkylation sites (tertiary alicyclic amines) is 1. The molecule has 0 bridgehead atoms. The van der Waals surface area contributed by atoms with Gasteiger partial charge in [-0.1, -0.05) is 23.2 Å². The second-order valence-electron chi connectivity index (χ2n) is 8.53. The van der Waals surface area contributed by atoms with Crippen LogP contribution in [0, 0.1) is 6.92 Å². The topological polar surface area (TPSA) is 87.7 Å². The number of carbonyl (C=O) groups is 2. The fraction of sp³-hybridized carbons (Fsp3) is 0.391. The van der Waals surface area contributed by atoms with E-state index in [0.717, 1.165) is 5.56 Å². The molecular weight excluding hydrogens is 418 g/mol. The van der Waals surface area contributed by atoms with Crippen LogP contribution in [0.5, 0.6) is 5.75 Å². The summed E-state index contributed by atoms with van der Waals surface area (Å²) in [7, 11) is 4.98. The van der Waals surface area contributed by atoms with Crippen molar-refractivity contribution in [3.05, 3.63) is 58.1 Å². The van der Waals surface area contributed by atoms with Crippen LogP contribution in [0.2, 0.25) is 5.02 Å². The highest BCUT2D eigenvalue weighted by atomic mass is 35.5. The molecule has 8 heteroatoms. The summed E-state index contributed by atoms with van der Waals surface area (Å²) in [6, 6.07) is 10.3. The minimum absolute atomic E-state index is 0.0349. The number of nitrogens with zero attached hydrogens (tertiary/aromatic N) is 1. The molecule has 2 aromatic carbocycles. The molecule has 2 heterocycles. The number of nitrogens with one attached hydrogen (secondary N) is 2. The summed E-state index contributed by atoms with van der Waals surface area (Å²) in [4.78, 5) is 26.9. The van der Waals surface area contributed by atoms with Crippen molar-refractivity contribution in [3.8, 4) is 5.75 Å². The van der Waals surface area contributed by atoms with E-state index in [0.29, 0.717) is 27.6 Å². The average molecular weight is 445 g/mol. The second kappa shape index (κ2) is 7.51. The summed E-state index contributed by atoms with van der Waals surface area (Å²) in [5.74, 6) is 0.0254. The summed E-state index contributed by atoms with van der Waals surface area (Å²) in [6.07, 6.45) is -0.495. The molecule has 4 rings (SSSR count). The van der Waals surface area contributed by atoms with Crippen molar-refractivity contribution in [3.63, 3.8) is 0 Å². The lowest BCUT2D eigenvalue weighted by molar-refractivity contribution is -0.953.